The highest BCUT2D eigenvalue weighted by molar-refractivity contribution is 5.94. The van der Waals surface area contributed by atoms with Crippen LogP contribution in [0, 0.1) is 0 Å². The number of aryl methyl sites for hydroxylation is 2. The van der Waals surface area contributed by atoms with E-state index in [4.69, 9.17) is 0 Å². The normalized spacial score (nSPS) is 13.8. The molecule has 1 aliphatic rings. The molecule has 0 fully saturated rings. The van der Waals surface area contributed by atoms with Crippen molar-refractivity contribution in [3.05, 3.63) is 42.2 Å². The van der Waals surface area contributed by atoms with Gasteiger partial charge in [-0.2, -0.15) is 5.10 Å². The fourth-order valence-corrected chi connectivity index (χ4v) is 3.04. The number of para-hydroxylation sites is 2. The first-order valence-corrected chi connectivity index (χ1v) is 7.46. The maximum absolute atomic E-state index is 12.5. The van der Waals surface area contributed by atoms with E-state index in [1.54, 1.807) is 11.1 Å². The Balaban J connectivity index is 1.55. The zero-order valence-electron chi connectivity index (χ0n) is 12.4. The highest BCUT2D eigenvalue weighted by atomic mass is 16.2. The minimum Gasteiger partial charge on any atom is -0.308 e. The van der Waals surface area contributed by atoms with Crippen molar-refractivity contribution in [2.75, 3.05) is 11.4 Å². The molecule has 0 unspecified atom stereocenters. The molecule has 0 atom stereocenters. The number of benzene rings is 1. The third-order valence-electron chi connectivity index (χ3n) is 4.24. The Kier molecular flexibility index (Phi) is 2.96. The molecule has 3 heterocycles. The summed E-state index contributed by atoms with van der Waals surface area (Å²) in [7, 11) is 1.90. The van der Waals surface area contributed by atoms with Crippen molar-refractivity contribution in [3.8, 4) is 0 Å². The first kappa shape index (κ1) is 13.1. The van der Waals surface area contributed by atoms with Gasteiger partial charge in [-0.15, -0.1) is 0 Å². The van der Waals surface area contributed by atoms with Crippen LogP contribution in [0.25, 0.3) is 11.0 Å². The minimum absolute atomic E-state index is 0.121. The highest BCUT2D eigenvalue weighted by Gasteiger charge is 2.27. The Labute approximate surface area is 128 Å². The molecule has 22 heavy (non-hydrogen) atoms. The predicted octanol–water partition coefficient (Wildman–Crippen LogP) is 1.75. The highest BCUT2D eigenvalue weighted by Crippen LogP contribution is 2.27. The molecule has 0 spiro atoms. The van der Waals surface area contributed by atoms with Gasteiger partial charge in [-0.05, 0) is 24.6 Å². The summed E-state index contributed by atoms with van der Waals surface area (Å²) in [5.41, 5.74) is 3.11. The molecule has 0 bridgehead atoms. The van der Waals surface area contributed by atoms with Crippen LogP contribution in [0.5, 0.6) is 0 Å². The molecule has 0 saturated carbocycles. The molecular weight excluding hydrogens is 278 g/mol. The van der Waals surface area contributed by atoms with Crippen molar-refractivity contribution in [3.63, 3.8) is 0 Å². The zero-order chi connectivity index (χ0) is 15.1. The second-order valence-corrected chi connectivity index (χ2v) is 5.54. The molecule has 0 N–H and O–H groups in total. The summed E-state index contributed by atoms with van der Waals surface area (Å²) < 4.78 is 3.93. The second-order valence-electron chi connectivity index (χ2n) is 5.54. The van der Waals surface area contributed by atoms with E-state index in [1.807, 2.05) is 36.0 Å². The first-order valence-electron chi connectivity index (χ1n) is 7.46. The molecule has 0 saturated heterocycles. The van der Waals surface area contributed by atoms with Gasteiger partial charge in [0.1, 0.15) is 0 Å². The number of anilines is 1. The molecule has 1 amide bonds. The van der Waals surface area contributed by atoms with Crippen molar-refractivity contribution in [1.29, 1.82) is 0 Å². The number of aromatic nitrogens is 4. The van der Waals surface area contributed by atoms with Gasteiger partial charge in [0.25, 0.3) is 0 Å². The van der Waals surface area contributed by atoms with Crippen LogP contribution in [0.4, 0.5) is 5.95 Å². The molecule has 2 aromatic heterocycles. The molecule has 4 rings (SSSR count). The van der Waals surface area contributed by atoms with Crippen LogP contribution in [0.3, 0.4) is 0 Å². The van der Waals surface area contributed by atoms with Crippen molar-refractivity contribution in [1.82, 2.24) is 19.3 Å². The van der Waals surface area contributed by atoms with E-state index in [1.165, 1.54) is 0 Å². The average Bonchev–Trinajstić information content (AvgIpc) is 3.19. The molecule has 0 aliphatic carbocycles. The van der Waals surface area contributed by atoms with Gasteiger partial charge in [0.2, 0.25) is 11.9 Å². The van der Waals surface area contributed by atoms with Crippen molar-refractivity contribution >= 4 is 22.9 Å². The molecule has 112 valence electrons. The standard InChI is InChI=1S/C16H17N5O/c1-19-12(8-9-17-19)6-7-15(22)21-11-10-20-14-5-3-2-4-13(14)18-16(20)21/h2-5,8-9H,6-7,10-11H2,1H3. The SMILES string of the molecule is Cn1nccc1CCC(=O)N1CCn2c1nc1ccccc12. The van der Waals surface area contributed by atoms with E-state index in [2.05, 4.69) is 20.7 Å². The van der Waals surface area contributed by atoms with Crippen molar-refractivity contribution in [2.24, 2.45) is 7.05 Å². The van der Waals surface area contributed by atoms with Crippen LogP contribution in [0.15, 0.2) is 36.5 Å². The van der Waals surface area contributed by atoms with E-state index in [0.29, 0.717) is 19.4 Å². The number of amides is 1. The first-order chi connectivity index (χ1) is 10.7. The number of nitrogens with zero attached hydrogens (tertiary/aromatic N) is 5. The van der Waals surface area contributed by atoms with Gasteiger partial charge in [0.05, 0.1) is 11.0 Å². The second kappa shape index (κ2) is 4.98. The molecular formula is C16H17N5O. The lowest BCUT2D eigenvalue weighted by Gasteiger charge is -2.13. The van der Waals surface area contributed by atoms with Crippen LogP contribution in [-0.2, 0) is 24.8 Å². The van der Waals surface area contributed by atoms with Gasteiger partial charge >= 0.3 is 0 Å². The molecule has 6 heteroatoms. The lowest BCUT2D eigenvalue weighted by molar-refractivity contribution is -0.118. The monoisotopic (exact) mass is 295 g/mol. The number of rotatable bonds is 3. The third kappa shape index (κ3) is 1.99. The van der Waals surface area contributed by atoms with E-state index in [-0.39, 0.29) is 5.91 Å². The van der Waals surface area contributed by atoms with E-state index < -0.39 is 0 Å². The van der Waals surface area contributed by atoms with E-state index >= 15 is 0 Å². The smallest absolute Gasteiger partial charge is 0.229 e. The minimum atomic E-state index is 0.121. The van der Waals surface area contributed by atoms with Crippen LogP contribution in [-0.4, -0.2) is 31.8 Å². The van der Waals surface area contributed by atoms with Crippen LogP contribution < -0.4 is 4.90 Å². The molecule has 0 radical (unpaired) electrons. The predicted molar refractivity (Wildman–Crippen MR) is 83.6 cm³/mol. The summed E-state index contributed by atoms with van der Waals surface area (Å²) in [4.78, 5) is 18.9. The largest absolute Gasteiger partial charge is 0.308 e. The van der Waals surface area contributed by atoms with Gasteiger partial charge < -0.3 is 4.57 Å². The zero-order valence-corrected chi connectivity index (χ0v) is 12.4. The fraction of sp³-hybridized carbons (Fsp3) is 0.312. The number of carbonyl (C=O) groups is 1. The van der Waals surface area contributed by atoms with Crippen molar-refractivity contribution < 1.29 is 4.79 Å². The van der Waals surface area contributed by atoms with Crippen LogP contribution >= 0.6 is 0 Å². The topological polar surface area (TPSA) is 56.0 Å². The summed E-state index contributed by atoms with van der Waals surface area (Å²) in [6.07, 6.45) is 2.93. The summed E-state index contributed by atoms with van der Waals surface area (Å²) in [6.45, 7) is 1.52. The Morgan fingerprint density at radius 3 is 2.91 bits per heavy atom. The lowest BCUT2D eigenvalue weighted by atomic mass is 10.2. The fourth-order valence-electron chi connectivity index (χ4n) is 3.04. The maximum Gasteiger partial charge on any atom is 0.229 e. The van der Waals surface area contributed by atoms with Gasteiger partial charge in [-0.25, -0.2) is 4.98 Å². The Hall–Kier alpha value is -2.63. The number of imidazole rings is 1. The summed E-state index contributed by atoms with van der Waals surface area (Å²) in [6, 6.07) is 9.96. The van der Waals surface area contributed by atoms with E-state index in [9.17, 15) is 4.79 Å². The summed E-state index contributed by atoms with van der Waals surface area (Å²) in [5, 5.41) is 4.13. The van der Waals surface area contributed by atoms with Crippen LogP contribution in [0.1, 0.15) is 12.1 Å². The molecule has 1 aliphatic heterocycles. The molecule has 3 aromatic rings. The number of hydrogen-bond acceptors (Lipinski definition) is 3. The quantitative estimate of drug-likeness (QED) is 0.739. The Morgan fingerprint density at radius 1 is 1.23 bits per heavy atom. The van der Waals surface area contributed by atoms with Gasteiger partial charge in [0.15, 0.2) is 0 Å². The Morgan fingerprint density at radius 2 is 2.09 bits per heavy atom. The maximum atomic E-state index is 12.5. The summed E-state index contributed by atoms with van der Waals surface area (Å²) in [5.74, 6) is 0.895. The number of fused-ring (bicyclic) bond motifs is 3. The van der Waals surface area contributed by atoms with Gasteiger partial charge in [-0.3, -0.25) is 14.4 Å². The van der Waals surface area contributed by atoms with Crippen LogP contribution in [0.2, 0.25) is 0 Å². The average molecular weight is 295 g/mol. The van der Waals surface area contributed by atoms with E-state index in [0.717, 1.165) is 29.2 Å². The third-order valence-corrected chi connectivity index (χ3v) is 4.24. The summed E-state index contributed by atoms with van der Waals surface area (Å²) >= 11 is 0. The number of hydrogen-bond donors (Lipinski definition) is 0. The van der Waals surface area contributed by atoms with Gasteiger partial charge in [-0.1, -0.05) is 12.1 Å². The Bertz CT molecular complexity index is 847. The number of carbonyl (C=O) groups excluding carboxylic acids is 1. The van der Waals surface area contributed by atoms with Crippen molar-refractivity contribution in [2.45, 2.75) is 19.4 Å². The molecule has 1 aromatic carbocycles. The van der Waals surface area contributed by atoms with Gasteiger partial charge in [0, 0.05) is 38.4 Å². The lowest BCUT2D eigenvalue weighted by Crippen LogP contribution is -2.29. The molecule has 6 nitrogen and oxygen atoms in total.